The topological polar surface area (TPSA) is 127 Å². The second kappa shape index (κ2) is 25.9. The lowest BCUT2D eigenvalue weighted by Crippen LogP contribution is -1.98. The Morgan fingerprint density at radius 2 is 0.643 bits per heavy atom. The van der Waals surface area contributed by atoms with Crippen LogP contribution in [-0.4, -0.2) is 35.2 Å². The van der Waals surface area contributed by atoms with Crippen molar-refractivity contribution in [2.75, 3.05) is 13.1 Å². The summed E-state index contributed by atoms with van der Waals surface area (Å²) in [5, 5.41) is 16.8. The second-order valence-corrected chi connectivity index (χ2v) is 7.52. The maximum atomic E-state index is 10.2. The van der Waals surface area contributed by atoms with Crippen LogP contribution in [0.3, 0.4) is 0 Å². The van der Waals surface area contributed by atoms with E-state index in [0.717, 1.165) is 64.5 Å². The third-order valence-electron chi connectivity index (χ3n) is 4.69. The van der Waals surface area contributed by atoms with E-state index >= 15 is 0 Å². The fraction of sp³-hybridized carbons (Fsp3) is 0.909. The van der Waals surface area contributed by atoms with Crippen LogP contribution < -0.4 is 11.5 Å². The van der Waals surface area contributed by atoms with Crippen LogP contribution in [0.2, 0.25) is 0 Å². The Labute approximate surface area is 172 Å². The van der Waals surface area contributed by atoms with Gasteiger partial charge in [-0.3, -0.25) is 9.59 Å². The molecule has 6 heteroatoms. The Balaban J connectivity index is 0. The van der Waals surface area contributed by atoms with Gasteiger partial charge in [-0.15, -0.1) is 0 Å². The molecule has 0 fully saturated rings. The number of unbranched alkanes of at least 4 members (excludes halogenated alkanes) is 14. The van der Waals surface area contributed by atoms with Gasteiger partial charge in [-0.25, -0.2) is 0 Å². The van der Waals surface area contributed by atoms with Crippen molar-refractivity contribution in [3.05, 3.63) is 0 Å². The Kier molecular flexibility index (Phi) is 26.8. The molecule has 0 saturated carbocycles. The third kappa shape index (κ3) is 32.5. The molecular formula is C22H46N2O4. The van der Waals surface area contributed by atoms with Gasteiger partial charge in [0.15, 0.2) is 0 Å². The Morgan fingerprint density at radius 3 is 0.857 bits per heavy atom. The van der Waals surface area contributed by atoms with E-state index in [-0.39, 0.29) is 12.8 Å². The first-order valence-electron chi connectivity index (χ1n) is 11.4. The molecule has 6 nitrogen and oxygen atoms in total. The molecule has 6 N–H and O–H groups in total. The summed E-state index contributed by atoms with van der Waals surface area (Å²) in [7, 11) is 0. The van der Waals surface area contributed by atoms with Crippen molar-refractivity contribution in [3.63, 3.8) is 0 Å². The molecule has 168 valence electrons. The number of carbonyl (C=O) groups is 2. The summed E-state index contributed by atoms with van der Waals surface area (Å²) in [6.45, 7) is 1.71. The molecule has 0 amide bonds. The quantitative estimate of drug-likeness (QED) is 0.210. The predicted octanol–water partition coefficient (Wildman–Crippen LogP) is 5.08. The third-order valence-corrected chi connectivity index (χ3v) is 4.69. The lowest BCUT2D eigenvalue weighted by atomic mass is 10.1. The molecule has 0 aromatic heterocycles. The minimum Gasteiger partial charge on any atom is -0.481 e. The van der Waals surface area contributed by atoms with Crippen molar-refractivity contribution in [2.24, 2.45) is 11.5 Å². The van der Waals surface area contributed by atoms with Crippen LogP contribution in [0.25, 0.3) is 0 Å². The number of hydrogen-bond donors (Lipinski definition) is 4. The first kappa shape index (κ1) is 29.1. The smallest absolute Gasteiger partial charge is 0.303 e. The fourth-order valence-electron chi connectivity index (χ4n) is 2.96. The molecule has 0 rings (SSSR count). The zero-order valence-electron chi connectivity index (χ0n) is 18.0. The van der Waals surface area contributed by atoms with Crippen LogP contribution in [0.1, 0.15) is 116 Å². The molecule has 0 aromatic carbocycles. The maximum Gasteiger partial charge on any atom is 0.303 e. The number of carboxylic acids is 2. The van der Waals surface area contributed by atoms with E-state index < -0.39 is 11.9 Å². The van der Waals surface area contributed by atoms with E-state index in [1.54, 1.807) is 0 Å². The summed E-state index contributed by atoms with van der Waals surface area (Å²) in [4.78, 5) is 20.4. The Morgan fingerprint density at radius 1 is 0.429 bits per heavy atom. The zero-order chi connectivity index (χ0) is 21.3. The average molecular weight is 403 g/mol. The summed E-state index contributed by atoms with van der Waals surface area (Å²) in [5.74, 6) is -1.43. The van der Waals surface area contributed by atoms with Gasteiger partial charge in [0, 0.05) is 12.8 Å². The van der Waals surface area contributed by atoms with Gasteiger partial charge in [0.25, 0.3) is 0 Å². The number of carboxylic acid groups (broad SMARTS) is 2. The summed E-state index contributed by atoms with van der Waals surface area (Å²) in [5.41, 5.74) is 10.8. The number of hydrogen-bond acceptors (Lipinski definition) is 4. The highest BCUT2D eigenvalue weighted by Crippen LogP contribution is 2.10. The van der Waals surface area contributed by atoms with Crippen molar-refractivity contribution >= 4 is 11.9 Å². The van der Waals surface area contributed by atoms with Gasteiger partial charge in [0.1, 0.15) is 0 Å². The van der Waals surface area contributed by atoms with Crippen molar-refractivity contribution in [3.8, 4) is 0 Å². The van der Waals surface area contributed by atoms with Crippen LogP contribution in [0, 0.1) is 0 Å². The monoisotopic (exact) mass is 402 g/mol. The van der Waals surface area contributed by atoms with Crippen molar-refractivity contribution in [1.29, 1.82) is 0 Å². The largest absolute Gasteiger partial charge is 0.481 e. The van der Waals surface area contributed by atoms with Gasteiger partial charge in [-0.05, 0) is 38.8 Å². The maximum absolute atomic E-state index is 10.2. The molecule has 0 atom stereocenters. The molecule has 0 bridgehead atoms. The van der Waals surface area contributed by atoms with Gasteiger partial charge >= 0.3 is 11.9 Å². The van der Waals surface area contributed by atoms with Gasteiger partial charge in [-0.2, -0.15) is 0 Å². The molecule has 0 spiro atoms. The molecule has 0 unspecified atom stereocenters. The molecule has 0 aliphatic heterocycles. The summed E-state index contributed by atoms with van der Waals surface area (Å²) < 4.78 is 0. The molecule has 0 aliphatic rings. The van der Waals surface area contributed by atoms with Crippen molar-refractivity contribution < 1.29 is 19.8 Å². The summed E-state index contributed by atoms with van der Waals surface area (Å²) in [6.07, 6.45) is 19.0. The highest BCUT2D eigenvalue weighted by Gasteiger charge is 1.98. The first-order valence-corrected chi connectivity index (χ1v) is 11.4. The SMILES string of the molecule is NCCCCCCCCCCN.O=C(O)CCCCCCCCCCC(=O)O. The minimum atomic E-state index is -0.714. The van der Waals surface area contributed by atoms with E-state index in [0.29, 0.717) is 0 Å². The molecule has 0 heterocycles. The normalized spacial score (nSPS) is 10.4. The minimum absolute atomic E-state index is 0.276. The molecular weight excluding hydrogens is 356 g/mol. The first-order chi connectivity index (χ1) is 13.5. The van der Waals surface area contributed by atoms with Gasteiger partial charge in [-0.1, -0.05) is 77.0 Å². The van der Waals surface area contributed by atoms with Gasteiger partial charge in [0.2, 0.25) is 0 Å². The molecule has 0 aliphatic carbocycles. The standard InChI is InChI=1S/C12H22O4.C10H24N2/c13-11(14)9-7-5-3-1-2-4-6-8-10-12(15)16;11-9-7-5-3-1-2-4-6-8-10-12/h1-10H2,(H,13,14)(H,15,16);1-12H2. The fourth-order valence-corrected chi connectivity index (χ4v) is 2.96. The predicted molar refractivity (Wildman–Crippen MR) is 116 cm³/mol. The average Bonchev–Trinajstić information content (AvgIpc) is 2.65. The van der Waals surface area contributed by atoms with Gasteiger partial charge in [0.05, 0.1) is 0 Å². The number of nitrogens with two attached hydrogens (primary N) is 2. The number of rotatable bonds is 20. The second-order valence-electron chi connectivity index (χ2n) is 7.52. The van der Waals surface area contributed by atoms with E-state index in [9.17, 15) is 9.59 Å². The van der Waals surface area contributed by atoms with Crippen LogP contribution in [0.4, 0.5) is 0 Å². The zero-order valence-corrected chi connectivity index (χ0v) is 18.0. The van der Waals surface area contributed by atoms with Crippen LogP contribution in [0.5, 0.6) is 0 Å². The summed E-state index contributed by atoms with van der Waals surface area (Å²) in [6, 6.07) is 0. The van der Waals surface area contributed by atoms with Gasteiger partial charge < -0.3 is 21.7 Å². The van der Waals surface area contributed by atoms with E-state index in [4.69, 9.17) is 21.7 Å². The highest BCUT2D eigenvalue weighted by atomic mass is 16.4. The lowest BCUT2D eigenvalue weighted by Gasteiger charge is -2.00. The van der Waals surface area contributed by atoms with Crippen molar-refractivity contribution in [2.45, 2.75) is 116 Å². The molecule has 0 saturated heterocycles. The molecule has 0 radical (unpaired) electrons. The van der Waals surface area contributed by atoms with Crippen LogP contribution in [-0.2, 0) is 9.59 Å². The van der Waals surface area contributed by atoms with Crippen molar-refractivity contribution in [1.82, 2.24) is 0 Å². The molecule has 28 heavy (non-hydrogen) atoms. The van der Waals surface area contributed by atoms with E-state index in [1.165, 1.54) is 51.4 Å². The lowest BCUT2D eigenvalue weighted by molar-refractivity contribution is -0.138. The Hall–Kier alpha value is -1.14. The number of aliphatic carboxylic acids is 2. The van der Waals surface area contributed by atoms with Crippen LogP contribution >= 0.6 is 0 Å². The van der Waals surface area contributed by atoms with E-state index in [2.05, 4.69) is 0 Å². The highest BCUT2D eigenvalue weighted by molar-refractivity contribution is 5.66. The summed E-state index contributed by atoms with van der Waals surface area (Å²) >= 11 is 0. The molecule has 0 aromatic rings. The Bertz CT molecular complexity index is 306. The van der Waals surface area contributed by atoms with E-state index in [1.807, 2.05) is 0 Å². The van der Waals surface area contributed by atoms with Crippen LogP contribution in [0.15, 0.2) is 0 Å².